The predicted octanol–water partition coefficient (Wildman–Crippen LogP) is 1.47. The maximum Gasteiger partial charge on any atom is 0.246 e. The lowest BCUT2D eigenvalue weighted by Gasteiger charge is -2.20. The number of hydrogen-bond donors (Lipinski definition) is 1. The highest BCUT2D eigenvalue weighted by atomic mass is 32.2. The Morgan fingerprint density at radius 3 is 2.42 bits per heavy atom. The van der Waals surface area contributed by atoms with Gasteiger partial charge in [0.15, 0.2) is 0 Å². The Kier molecular flexibility index (Phi) is 4.36. The third-order valence-corrected chi connectivity index (χ3v) is 4.87. The molecule has 6 nitrogen and oxygen atoms in total. The van der Waals surface area contributed by atoms with Gasteiger partial charge in [-0.1, -0.05) is 6.92 Å². The first-order valence-corrected chi connectivity index (χ1v) is 8.11. The van der Waals surface area contributed by atoms with E-state index in [4.69, 9.17) is 0 Å². The minimum Gasteiger partial charge on any atom is -0.355 e. The Labute approximate surface area is 114 Å². The van der Waals surface area contributed by atoms with E-state index < -0.39 is 10.0 Å². The summed E-state index contributed by atoms with van der Waals surface area (Å²) in [5, 5.41) is 2.95. The van der Waals surface area contributed by atoms with E-state index in [0.717, 1.165) is 19.3 Å². The zero-order chi connectivity index (χ0) is 13.9. The van der Waals surface area contributed by atoms with Crippen molar-refractivity contribution in [3.63, 3.8) is 0 Å². The molecule has 1 aliphatic carbocycles. The topological polar surface area (TPSA) is 75.2 Å². The Morgan fingerprint density at radius 2 is 1.95 bits per heavy atom. The Hall–Kier alpha value is -1.21. The predicted molar refractivity (Wildman–Crippen MR) is 73.4 cm³/mol. The van der Waals surface area contributed by atoms with Crippen LogP contribution in [-0.2, 0) is 10.0 Å². The number of aromatic nitrogens is 2. The van der Waals surface area contributed by atoms with E-state index in [2.05, 4.69) is 15.3 Å². The molecule has 1 aliphatic rings. The van der Waals surface area contributed by atoms with Crippen molar-refractivity contribution in [3.05, 3.63) is 12.4 Å². The van der Waals surface area contributed by atoms with Gasteiger partial charge < -0.3 is 5.32 Å². The number of sulfonamides is 1. The van der Waals surface area contributed by atoms with E-state index in [9.17, 15) is 8.42 Å². The summed E-state index contributed by atoms with van der Waals surface area (Å²) in [5.41, 5.74) is 0. The lowest BCUT2D eigenvalue weighted by Crippen LogP contribution is -2.34. The van der Waals surface area contributed by atoms with Gasteiger partial charge in [-0.15, -0.1) is 0 Å². The minimum absolute atomic E-state index is 0.165. The standard InChI is InChI=1S/C12H20N4O2S/c1-3-7-16(10-5-6-10)19(17,18)11-8-14-12(13-4-2)15-9-11/h8-10H,3-7H2,1-2H3,(H,13,14,15). The average molecular weight is 284 g/mol. The van der Waals surface area contributed by atoms with Gasteiger partial charge in [0.05, 0.1) is 12.4 Å². The lowest BCUT2D eigenvalue weighted by molar-refractivity contribution is 0.403. The molecule has 0 radical (unpaired) electrons. The Bertz CT molecular complexity index is 511. The summed E-state index contributed by atoms with van der Waals surface area (Å²) in [6.45, 7) is 5.18. The van der Waals surface area contributed by atoms with Crippen molar-refractivity contribution in [2.75, 3.05) is 18.4 Å². The van der Waals surface area contributed by atoms with Crippen LogP contribution < -0.4 is 5.32 Å². The van der Waals surface area contributed by atoms with Crippen LogP contribution in [0.2, 0.25) is 0 Å². The van der Waals surface area contributed by atoms with Crippen molar-refractivity contribution in [1.82, 2.24) is 14.3 Å². The van der Waals surface area contributed by atoms with Crippen molar-refractivity contribution in [1.29, 1.82) is 0 Å². The number of rotatable bonds is 7. The van der Waals surface area contributed by atoms with Crippen LogP contribution in [0, 0.1) is 0 Å². The summed E-state index contributed by atoms with van der Waals surface area (Å²) >= 11 is 0. The third kappa shape index (κ3) is 3.22. The minimum atomic E-state index is -3.45. The van der Waals surface area contributed by atoms with Crippen molar-refractivity contribution in [2.45, 2.75) is 44.0 Å². The Balaban J connectivity index is 2.22. The number of hydrogen-bond acceptors (Lipinski definition) is 5. The smallest absolute Gasteiger partial charge is 0.246 e. The second kappa shape index (κ2) is 5.83. The molecule has 1 saturated carbocycles. The Morgan fingerprint density at radius 1 is 1.32 bits per heavy atom. The van der Waals surface area contributed by atoms with Gasteiger partial charge in [-0.2, -0.15) is 4.31 Å². The molecule has 0 unspecified atom stereocenters. The lowest BCUT2D eigenvalue weighted by atomic mass is 10.5. The summed E-state index contributed by atoms with van der Waals surface area (Å²) in [7, 11) is -3.45. The van der Waals surface area contributed by atoms with Crippen LogP contribution in [0.1, 0.15) is 33.1 Å². The molecule has 1 fully saturated rings. The summed E-state index contributed by atoms with van der Waals surface area (Å²) in [6.07, 6.45) is 5.48. The summed E-state index contributed by atoms with van der Waals surface area (Å²) in [4.78, 5) is 8.23. The fraction of sp³-hybridized carbons (Fsp3) is 0.667. The second-order valence-electron chi connectivity index (χ2n) is 4.62. The van der Waals surface area contributed by atoms with Crippen LogP contribution >= 0.6 is 0 Å². The molecule has 1 aromatic heterocycles. The number of anilines is 1. The molecular weight excluding hydrogens is 264 g/mol. The van der Waals surface area contributed by atoms with Gasteiger partial charge in [0, 0.05) is 19.1 Å². The molecule has 0 atom stereocenters. The molecule has 0 saturated heterocycles. The highest BCUT2D eigenvalue weighted by Crippen LogP contribution is 2.31. The van der Waals surface area contributed by atoms with Crippen LogP contribution in [0.5, 0.6) is 0 Å². The fourth-order valence-electron chi connectivity index (χ4n) is 1.92. The van der Waals surface area contributed by atoms with E-state index in [1.165, 1.54) is 12.4 Å². The normalized spacial score (nSPS) is 15.7. The monoisotopic (exact) mass is 284 g/mol. The van der Waals surface area contributed by atoms with E-state index in [1.807, 2.05) is 13.8 Å². The molecule has 1 heterocycles. The van der Waals surface area contributed by atoms with E-state index in [-0.39, 0.29) is 10.9 Å². The molecule has 2 rings (SSSR count). The average Bonchev–Trinajstić information content (AvgIpc) is 3.21. The first-order chi connectivity index (χ1) is 9.09. The maximum absolute atomic E-state index is 12.5. The summed E-state index contributed by atoms with van der Waals surface area (Å²) in [6, 6.07) is 0.165. The van der Waals surface area contributed by atoms with Gasteiger partial charge in [-0.25, -0.2) is 18.4 Å². The first-order valence-electron chi connectivity index (χ1n) is 6.67. The van der Waals surface area contributed by atoms with Crippen LogP contribution in [-0.4, -0.2) is 41.8 Å². The van der Waals surface area contributed by atoms with Crippen LogP contribution in [0.3, 0.4) is 0 Å². The van der Waals surface area contributed by atoms with Gasteiger partial charge >= 0.3 is 0 Å². The van der Waals surface area contributed by atoms with Gasteiger partial charge in [0.2, 0.25) is 16.0 Å². The molecule has 0 spiro atoms. The van der Waals surface area contributed by atoms with E-state index in [0.29, 0.717) is 19.0 Å². The molecule has 0 aromatic carbocycles. The van der Waals surface area contributed by atoms with Crippen LogP contribution in [0.4, 0.5) is 5.95 Å². The maximum atomic E-state index is 12.5. The number of nitrogens with zero attached hydrogens (tertiary/aromatic N) is 3. The van der Waals surface area contributed by atoms with Gasteiger partial charge in [-0.3, -0.25) is 0 Å². The highest BCUT2D eigenvalue weighted by Gasteiger charge is 2.37. The van der Waals surface area contributed by atoms with Crippen LogP contribution in [0.25, 0.3) is 0 Å². The van der Waals surface area contributed by atoms with Gasteiger partial charge in [-0.05, 0) is 26.2 Å². The first kappa shape index (κ1) is 14.2. The molecule has 19 heavy (non-hydrogen) atoms. The van der Waals surface area contributed by atoms with Crippen LogP contribution in [0.15, 0.2) is 17.3 Å². The third-order valence-electron chi connectivity index (χ3n) is 2.97. The van der Waals surface area contributed by atoms with Crippen molar-refractivity contribution in [2.24, 2.45) is 0 Å². The highest BCUT2D eigenvalue weighted by molar-refractivity contribution is 7.89. The van der Waals surface area contributed by atoms with Crippen molar-refractivity contribution in [3.8, 4) is 0 Å². The SMILES string of the molecule is CCCN(C1CC1)S(=O)(=O)c1cnc(NCC)nc1. The van der Waals surface area contributed by atoms with Crippen molar-refractivity contribution >= 4 is 16.0 Å². The fourth-order valence-corrected chi connectivity index (χ4v) is 3.58. The molecule has 1 N–H and O–H groups in total. The molecular formula is C12H20N4O2S. The van der Waals surface area contributed by atoms with Gasteiger partial charge in [0.25, 0.3) is 0 Å². The molecule has 0 aliphatic heterocycles. The summed E-state index contributed by atoms with van der Waals surface area (Å²) < 4.78 is 26.6. The molecule has 7 heteroatoms. The molecule has 0 amide bonds. The molecule has 0 bridgehead atoms. The zero-order valence-electron chi connectivity index (χ0n) is 11.3. The van der Waals surface area contributed by atoms with Crippen molar-refractivity contribution < 1.29 is 8.42 Å². The molecule has 1 aromatic rings. The zero-order valence-corrected chi connectivity index (χ0v) is 12.2. The van der Waals surface area contributed by atoms with E-state index >= 15 is 0 Å². The molecule has 106 valence electrons. The number of nitrogens with one attached hydrogen (secondary N) is 1. The quantitative estimate of drug-likeness (QED) is 0.820. The van der Waals surface area contributed by atoms with Gasteiger partial charge in [0.1, 0.15) is 4.90 Å². The summed E-state index contributed by atoms with van der Waals surface area (Å²) in [5.74, 6) is 0.454. The van der Waals surface area contributed by atoms with E-state index in [1.54, 1.807) is 4.31 Å². The largest absolute Gasteiger partial charge is 0.355 e. The second-order valence-corrected chi connectivity index (χ2v) is 6.51.